The number of hydrogen-bond acceptors (Lipinski definition) is 3. The molecule has 0 fully saturated rings. The molecule has 0 aliphatic carbocycles. The van der Waals surface area contributed by atoms with Crippen LogP contribution >= 0.6 is 0 Å². The summed E-state index contributed by atoms with van der Waals surface area (Å²) in [6.07, 6.45) is 0. The Hall–Kier alpha value is -1.59. The SMILES string of the molecule is CCN(CC)Cc1ccc(CN=C(N)NC(C)COC)cc1. The third kappa shape index (κ3) is 6.91. The Balaban J connectivity index is 2.50. The van der Waals surface area contributed by atoms with Crippen molar-refractivity contribution in [2.45, 2.75) is 39.9 Å². The Morgan fingerprint density at radius 2 is 1.82 bits per heavy atom. The molecule has 0 saturated heterocycles. The van der Waals surface area contributed by atoms with Gasteiger partial charge in [-0.3, -0.25) is 4.90 Å². The second-order valence-corrected chi connectivity index (χ2v) is 5.48. The number of nitrogens with two attached hydrogens (primary N) is 1. The summed E-state index contributed by atoms with van der Waals surface area (Å²) in [4.78, 5) is 6.75. The monoisotopic (exact) mass is 306 g/mol. The van der Waals surface area contributed by atoms with Gasteiger partial charge in [-0.05, 0) is 31.1 Å². The molecule has 0 amide bonds. The number of nitrogens with zero attached hydrogens (tertiary/aromatic N) is 2. The largest absolute Gasteiger partial charge is 0.383 e. The maximum absolute atomic E-state index is 5.86. The van der Waals surface area contributed by atoms with Crippen LogP contribution in [0.25, 0.3) is 0 Å². The summed E-state index contributed by atoms with van der Waals surface area (Å²) >= 11 is 0. The van der Waals surface area contributed by atoms with Crippen molar-refractivity contribution in [2.75, 3.05) is 26.8 Å². The van der Waals surface area contributed by atoms with Crippen LogP contribution in [0.1, 0.15) is 31.9 Å². The molecule has 0 aliphatic heterocycles. The van der Waals surface area contributed by atoms with Crippen LogP contribution < -0.4 is 11.1 Å². The number of guanidine groups is 1. The van der Waals surface area contributed by atoms with Crippen molar-refractivity contribution in [3.05, 3.63) is 35.4 Å². The van der Waals surface area contributed by atoms with E-state index in [-0.39, 0.29) is 6.04 Å². The second kappa shape index (κ2) is 10.2. The summed E-state index contributed by atoms with van der Waals surface area (Å²) in [5, 5.41) is 3.10. The maximum Gasteiger partial charge on any atom is 0.189 e. The van der Waals surface area contributed by atoms with Gasteiger partial charge in [-0.2, -0.15) is 0 Å². The standard InChI is InChI=1S/C17H30N4O/c1-5-21(6-2)12-16-9-7-15(8-10-16)11-19-17(18)20-14(3)13-22-4/h7-10,14H,5-6,11-13H2,1-4H3,(H3,18,19,20). The highest BCUT2D eigenvalue weighted by Crippen LogP contribution is 2.08. The lowest BCUT2D eigenvalue weighted by molar-refractivity contribution is 0.179. The fourth-order valence-electron chi connectivity index (χ4n) is 2.22. The molecule has 0 heterocycles. The first-order chi connectivity index (χ1) is 10.6. The average Bonchev–Trinajstić information content (AvgIpc) is 2.52. The number of aliphatic imine (C=N–C) groups is 1. The molecule has 1 atom stereocenters. The zero-order chi connectivity index (χ0) is 16.4. The van der Waals surface area contributed by atoms with Crippen LogP contribution in [0.2, 0.25) is 0 Å². The van der Waals surface area contributed by atoms with Crippen LogP contribution in [0.4, 0.5) is 0 Å². The molecular weight excluding hydrogens is 276 g/mol. The van der Waals surface area contributed by atoms with Gasteiger partial charge in [0.1, 0.15) is 0 Å². The topological polar surface area (TPSA) is 62.9 Å². The second-order valence-electron chi connectivity index (χ2n) is 5.48. The van der Waals surface area contributed by atoms with Crippen LogP contribution in [0.5, 0.6) is 0 Å². The molecule has 1 aromatic carbocycles. The molecule has 1 rings (SSSR count). The van der Waals surface area contributed by atoms with E-state index in [0.717, 1.165) is 25.2 Å². The van der Waals surface area contributed by atoms with Gasteiger partial charge in [-0.25, -0.2) is 4.99 Å². The Morgan fingerprint density at radius 3 is 2.36 bits per heavy atom. The molecular formula is C17H30N4O. The number of methoxy groups -OCH3 is 1. The molecule has 1 aromatic rings. The minimum atomic E-state index is 0.158. The lowest BCUT2D eigenvalue weighted by atomic mass is 10.1. The van der Waals surface area contributed by atoms with E-state index in [9.17, 15) is 0 Å². The van der Waals surface area contributed by atoms with Crippen LogP contribution in [0.3, 0.4) is 0 Å². The summed E-state index contributed by atoms with van der Waals surface area (Å²) in [5.41, 5.74) is 8.35. The number of ether oxygens (including phenoxy) is 1. The minimum Gasteiger partial charge on any atom is -0.383 e. The van der Waals surface area contributed by atoms with E-state index >= 15 is 0 Å². The smallest absolute Gasteiger partial charge is 0.189 e. The normalized spacial score (nSPS) is 13.4. The van der Waals surface area contributed by atoms with E-state index in [2.05, 4.69) is 53.3 Å². The molecule has 0 bridgehead atoms. The Morgan fingerprint density at radius 1 is 1.23 bits per heavy atom. The fourth-order valence-corrected chi connectivity index (χ4v) is 2.22. The predicted molar refractivity (Wildman–Crippen MR) is 92.9 cm³/mol. The van der Waals surface area contributed by atoms with Gasteiger partial charge in [-0.15, -0.1) is 0 Å². The zero-order valence-corrected chi connectivity index (χ0v) is 14.3. The molecule has 1 unspecified atom stereocenters. The van der Waals surface area contributed by atoms with Crippen LogP contribution in [-0.2, 0) is 17.8 Å². The van der Waals surface area contributed by atoms with Gasteiger partial charge in [0.05, 0.1) is 13.2 Å². The van der Waals surface area contributed by atoms with Gasteiger partial charge in [0.25, 0.3) is 0 Å². The lowest BCUT2D eigenvalue weighted by Crippen LogP contribution is -2.40. The van der Waals surface area contributed by atoms with E-state index in [0.29, 0.717) is 19.1 Å². The first-order valence-electron chi connectivity index (χ1n) is 7.94. The molecule has 3 N–H and O–H groups in total. The van der Waals surface area contributed by atoms with Crippen LogP contribution in [0.15, 0.2) is 29.3 Å². The highest BCUT2D eigenvalue weighted by atomic mass is 16.5. The molecule has 124 valence electrons. The minimum absolute atomic E-state index is 0.158. The molecule has 0 aromatic heterocycles. The van der Waals surface area contributed by atoms with E-state index in [4.69, 9.17) is 10.5 Å². The van der Waals surface area contributed by atoms with Crippen molar-refractivity contribution in [3.63, 3.8) is 0 Å². The van der Waals surface area contributed by atoms with Gasteiger partial charge in [0.15, 0.2) is 5.96 Å². The number of nitrogens with one attached hydrogen (secondary N) is 1. The lowest BCUT2D eigenvalue weighted by Gasteiger charge is -2.18. The summed E-state index contributed by atoms with van der Waals surface area (Å²) in [6.45, 7) is 10.7. The molecule has 5 heteroatoms. The molecule has 5 nitrogen and oxygen atoms in total. The Labute approximate surface area is 134 Å². The Bertz CT molecular complexity index is 440. The summed E-state index contributed by atoms with van der Waals surface area (Å²) in [5.74, 6) is 0.455. The van der Waals surface area contributed by atoms with Crippen molar-refractivity contribution in [1.82, 2.24) is 10.2 Å². The third-order valence-electron chi connectivity index (χ3n) is 3.57. The van der Waals surface area contributed by atoms with E-state index in [1.165, 1.54) is 5.56 Å². The van der Waals surface area contributed by atoms with Gasteiger partial charge < -0.3 is 15.8 Å². The number of benzene rings is 1. The van der Waals surface area contributed by atoms with Crippen molar-refractivity contribution in [3.8, 4) is 0 Å². The van der Waals surface area contributed by atoms with E-state index in [1.54, 1.807) is 7.11 Å². The van der Waals surface area contributed by atoms with E-state index < -0.39 is 0 Å². The quantitative estimate of drug-likeness (QED) is 0.541. The predicted octanol–water partition coefficient (Wildman–Crippen LogP) is 1.97. The van der Waals surface area contributed by atoms with Crippen molar-refractivity contribution >= 4 is 5.96 Å². The van der Waals surface area contributed by atoms with E-state index in [1.807, 2.05) is 6.92 Å². The fraction of sp³-hybridized carbons (Fsp3) is 0.588. The molecule has 0 radical (unpaired) electrons. The number of hydrogen-bond donors (Lipinski definition) is 2. The maximum atomic E-state index is 5.86. The highest BCUT2D eigenvalue weighted by Gasteiger charge is 2.03. The summed E-state index contributed by atoms with van der Waals surface area (Å²) in [6, 6.07) is 8.73. The van der Waals surface area contributed by atoms with Gasteiger partial charge in [0.2, 0.25) is 0 Å². The third-order valence-corrected chi connectivity index (χ3v) is 3.57. The van der Waals surface area contributed by atoms with Crippen molar-refractivity contribution in [1.29, 1.82) is 0 Å². The van der Waals surface area contributed by atoms with Gasteiger partial charge in [-0.1, -0.05) is 38.1 Å². The number of rotatable bonds is 9. The highest BCUT2D eigenvalue weighted by molar-refractivity contribution is 5.78. The summed E-state index contributed by atoms with van der Waals surface area (Å²) < 4.78 is 5.05. The van der Waals surface area contributed by atoms with Crippen LogP contribution in [0, 0.1) is 0 Å². The molecule has 0 saturated carbocycles. The van der Waals surface area contributed by atoms with Crippen molar-refractivity contribution in [2.24, 2.45) is 10.7 Å². The van der Waals surface area contributed by atoms with Gasteiger partial charge >= 0.3 is 0 Å². The molecule has 0 aliphatic rings. The first kappa shape index (κ1) is 18.5. The first-order valence-corrected chi connectivity index (χ1v) is 7.94. The van der Waals surface area contributed by atoms with Crippen molar-refractivity contribution < 1.29 is 4.74 Å². The Kier molecular flexibility index (Phi) is 8.55. The van der Waals surface area contributed by atoms with Gasteiger partial charge in [0, 0.05) is 19.7 Å². The zero-order valence-electron chi connectivity index (χ0n) is 14.3. The molecule has 22 heavy (non-hydrogen) atoms. The summed E-state index contributed by atoms with van der Waals surface area (Å²) in [7, 11) is 1.67. The molecule has 0 spiro atoms. The average molecular weight is 306 g/mol. The van der Waals surface area contributed by atoms with Crippen LogP contribution in [-0.4, -0.2) is 43.7 Å².